The minimum Gasteiger partial charge on any atom is -0.480 e. The van der Waals surface area contributed by atoms with Gasteiger partial charge in [0.1, 0.15) is 5.78 Å². The summed E-state index contributed by atoms with van der Waals surface area (Å²) in [5.74, 6) is 4.68. The summed E-state index contributed by atoms with van der Waals surface area (Å²) in [5.41, 5.74) is 0.948. The molecule has 8 atom stereocenters. The van der Waals surface area contributed by atoms with Gasteiger partial charge in [0, 0.05) is 5.92 Å². The zero-order valence-electron chi connectivity index (χ0n) is 19.3. The van der Waals surface area contributed by atoms with E-state index >= 15 is 0 Å². The van der Waals surface area contributed by atoms with Crippen LogP contribution < -0.4 is 5.32 Å². The van der Waals surface area contributed by atoms with Crippen LogP contribution in [0.15, 0.2) is 0 Å². The topological polar surface area (TPSA) is 66.4 Å². The number of Topliss-reactive ketones (excluding diaryl/α,β-unsaturated/α-hetero) is 1. The van der Waals surface area contributed by atoms with E-state index in [9.17, 15) is 9.59 Å². The van der Waals surface area contributed by atoms with E-state index < -0.39 is 5.97 Å². The highest BCUT2D eigenvalue weighted by atomic mass is 16.4. The van der Waals surface area contributed by atoms with Crippen LogP contribution >= 0.6 is 0 Å². The first-order chi connectivity index (χ1) is 13.6. The van der Waals surface area contributed by atoms with Crippen LogP contribution in [0, 0.1) is 46.3 Å². The van der Waals surface area contributed by atoms with Crippen molar-refractivity contribution in [3.8, 4) is 0 Å². The smallest absolute Gasteiger partial charge is 0.317 e. The molecule has 4 fully saturated rings. The van der Waals surface area contributed by atoms with Gasteiger partial charge in [0.2, 0.25) is 0 Å². The highest BCUT2D eigenvalue weighted by molar-refractivity contribution is 5.79. The molecule has 0 amide bonds. The number of aliphatic carboxylic acids is 1. The second-order valence-electron chi connectivity index (χ2n) is 11.2. The zero-order chi connectivity index (χ0) is 21.4. The monoisotopic (exact) mass is 405 g/mol. The summed E-state index contributed by atoms with van der Waals surface area (Å²) < 4.78 is 0. The van der Waals surface area contributed by atoms with Crippen LogP contribution in [0.1, 0.15) is 85.5 Å². The molecule has 0 saturated heterocycles. The van der Waals surface area contributed by atoms with Gasteiger partial charge in [-0.3, -0.25) is 9.59 Å². The van der Waals surface area contributed by atoms with E-state index in [0.29, 0.717) is 22.5 Å². The molecule has 4 rings (SSSR count). The number of likely N-dealkylation sites (N-methyl/N-ethyl adjacent to an activating group) is 1. The van der Waals surface area contributed by atoms with Crippen LogP contribution in [0.3, 0.4) is 0 Å². The van der Waals surface area contributed by atoms with Crippen molar-refractivity contribution < 1.29 is 14.7 Å². The molecule has 4 saturated carbocycles. The normalized spacial score (nSPS) is 45.8. The van der Waals surface area contributed by atoms with E-state index in [-0.39, 0.29) is 6.54 Å². The van der Waals surface area contributed by atoms with E-state index in [1.54, 1.807) is 7.05 Å². The number of carbonyl (C=O) groups excluding carboxylic acids is 1. The fourth-order valence-electron chi connectivity index (χ4n) is 8.29. The Labute approximate surface area is 177 Å². The summed E-state index contributed by atoms with van der Waals surface area (Å²) in [5, 5.41) is 10.3. The Morgan fingerprint density at radius 2 is 1.62 bits per heavy atom. The maximum absolute atomic E-state index is 12.2. The largest absolute Gasteiger partial charge is 0.480 e. The first kappa shape index (κ1) is 22.8. The Bertz CT molecular complexity index is 619. The first-order valence-electron chi connectivity index (χ1n) is 12.0. The fraction of sp³-hybridized carbons (Fsp3) is 0.920. The molecule has 166 valence electrons. The Balaban J connectivity index is 0.000000353. The van der Waals surface area contributed by atoms with Gasteiger partial charge in [0.05, 0.1) is 6.54 Å². The molecule has 4 aliphatic carbocycles. The Hall–Kier alpha value is -0.900. The summed E-state index contributed by atoms with van der Waals surface area (Å²) in [6.45, 7) is 9.49. The van der Waals surface area contributed by atoms with Crippen molar-refractivity contribution in [2.45, 2.75) is 85.5 Å². The summed E-state index contributed by atoms with van der Waals surface area (Å²) in [4.78, 5) is 21.7. The molecule has 0 heterocycles. The van der Waals surface area contributed by atoms with Gasteiger partial charge in [-0.1, -0.05) is 27.2 Å². The van der Waals surface area contributed by atoms with Crippen molar-refractivity contribution >= 4 is 11.8 Å². The van der Waals surface area contributed by atoms with Gasteiger partial charge in [-0.05, 0) is 106 Å². The molecule has 0 radical (unpaired) electrons. The number of ketones is 1. The van der Waals surface area contributed by atoms with Gasteiger partial charge < -0.3 is 10.4 Å². The van der Waals surface area contributed by atoms with Crippen LogP contribution in [-0.2, 0) is 9.59 Å². The molecule has 4 aliphatic rings. The number of rotatable bonds is 3. The lowest BCUT2D eigenvalue weighted by molar-refractivity contribution is -0.136. The molecule has 2 N–H and O–H groups in total. The molecule has 0 bridgehead atoms. The molecule has 0 aromatic carbocycles. The summed E-state index contributed by atoms with van der Waals surface area (Å²) in [7, 11) is 1.59. The van der Waals surface area contributed by atoms with Crippen molar-refractivity contribution in [2.24, 2.45) is 46.3 Å². The van der Waals surface area contributed by atoms with Gasteiger partial charge in [-0.15, -0.1) is 0 Å². The predicted octanol–water partition coefficient (Wildman–Crippen LogP) is 5.16. The third-order valence-electron chi connectivity index (χ3n) is 9.75. The minimum absolute atomic E-state index is 0.0417. The highest BCUT2D eigenvalue weighted by Gasteiger charge is 2.60. The fourth-order valence-corrected chi connectivity index (χ4v) is 8.29. The van der Waals surface area contributed by atoms with Gasteiger partial charge in [-0.2, -0.15) is 0 Å². The number of hydrogen-bond acceptors (Lipinski definition) is 3. The average molecular weight is 406 g/mol. The molecule has 29 heavy (non-hydrogen) atoms. The summed E-state index contributed by atoms with van der Waals surface area (Å²) >= 11 is 0. The van der Waals surface area contributed by atoms with E-state index in [1.807, 2.05) is 6.92 Å². The molecule has 4 heteroatoms. The average Bonchev–Trinajstić information content (AvgIpc) is 3.00. The number of nitrogens with one attached hydrogen (secondary N) is 1. The standard InChI is InChI=1S/C22H36O.C3H7NO2/c1-14-9-11-21(3)16(13-14)5-6-17-19-8-7-18(15(2)23)22(19,4)12-10-20(17)21;1-4-2-3(5)6/h14,16-20H,5-13H2,1-4H3;4H,2H2,1H3,(H,5,6). The minimum atomic E-state index is -0.822. The lowest BCUT2D eigenvalue weighted by Gasteiger charge is -2.61. The van der Waals surface area contributed by atoms with Gasteiger partial charge in [0.25, 0.3) is 0 Å². The van der Waals surface area contributed by atoms with Crippen molar-refractivity contribution in [3.63, 3.8) is 0 Å². The molecule has 4 nitrogen and oxygen atoms in total. The lowest BCUT2D eigenvalue weighted by atomic mass is 9.44. The number of fused-ring (bicyclic) bond motifs is 5. The van der Waals surface area contributed by atoms with Crippen LogP contribution in [0.4, 0.5) is 0 Å². The van der Waals surface area contributed by atoms with Crippen molar-refractivity contribution in [3.05, 3.63) is 0 Å². The third kappa shape index (κ3) is 4.16. The first-order valence-corrected chi connectivity index (χ1v) is 12.0. The Morgan fingerprint density at radius 1 is 0.966 bits per heavy atom. The number of hydrogen-bond donors (Lipinski definition) is 2. The van der Waals surface area contributed by atoms with Crippen LogP contribution in [0.2, 0.25) is 0 Å². The number of carbonyl (C=O) groups is 2. The van der Waals surface area contributed by atoms with Gasteiger partial charge in [-0.25, -0.2) is 0 Å². The van der Waals surface area contributed by atoms with Crippen molar-refractivity contribution in [1.82, 2.24) is 5.32 Å². The molecule has 0 aliphatic heterocycles. The lowest BCUT2D eigenvalue weighted by Crippen LogP contribution is -2.53. The predicted molar refractivity (Wildman–Crippen MR) is 117 cm³/mol. The molecule has 8 unspecified atom stereocenters. The summed E-state index contributed by atoms with van der Waals surface area (Å²) in [6.07, 6.45) is 12.6. The molecule has 0 aromatic rings. The van der Waals surface area contributed by atoms with E-state index in [0.717, 1.165) is 29.6 Å². The number of carboxylic acid groups (broad SMARTS) is 1. The third-order valence-corrected chi connectivity index (χ3v) is 9.75. The molecule has 0 spiro atoms. The van der Waals surface area contributed by atoms with Crippen LogP contribution in [0.5, 0.6) is 0 Å². The van der Waals surface area contributed by atoms with Gasteiger partial charge in [0.15, 0.2) is 0 Å². The van der Waals surface area contributed by atoms with Gasteiger partial charge >= 0.3 is 5.97 Å². The number of carboxylic acids is 1. The Kier molecular flexibility index (Phi) is 6.82. The summed E-state index contributed by atoms with van der Waals surface area (Å²) in [6, 6.07) is 0. The maximum atomic E-state index is 12.2. The van der Waals surface area contributed by atoms with E-state index in [4.69, 9.17) is 5.11 Å². The van der Waals surface area contributed by atoms with Crippen molar-refractivity contribution in [2.75, 3.05) is 13.6 Å². The maximum Gasteiger partial charge on any atom is 0.317 e. The van der Waals surface area contributed by atoms with Crippen molar-refractivity contribution in [1.29, 1.82) is 0 Å². The SMILES string of the molecule is CC(=O)C1CCC2C3CCC4CC(C)CCC4(C)C3CCC12C.CNCC(=O)O. The van der Waals surface area contributed by atoms with E-state index in [2.05, 4.69) is 26.1 Å². The molecular weight excluding hydrogens is 362 g/mol. The molecular formula is C25H43NO3. The highest BCUT2D eigenvalue weighted by Crippen LogP contribution is 2.67. The second-order valence-corrected chi connectivity index (χ2v) is 11.2. The zero-order valence-corrected chi connectivity index (χ0v) is 19.3. The van der Waals surface area contributed by atoms with E-state index in [1.165, 1.54) is 57.8 Å². The van der Waals surface area contributed by atoms with Crippen LogP contribution in [0.25, 0.3) is 0 Å². The second kappa shape index (κ2) is 8.69. The van der Waals surface area contributed by atoms with Crippen LogP contribution in [-0.4, -0.2) is 30.5 Å². The molecule has 0 aromatic heterocycles. The Morgan fingerprint density at radius 3 is 2.21 bits per heavy atom. The quantitative estimate of drug-likeness (QED) is 0.680.